The van der Waals surface area contributed by atoms with Crippen LogP contribution in [0.3, 0.4) is 0 Å². The minimum absolute atomic E-state index is 0.161. The van der Waals surface area contributed by atoms with Gasteiger partial charge in [0.1, 0.15) is 11.5 Å². The van der Waals surface area contributed by atoms with Gasteiger partial charge in [0, 0.05) is 23.7 Å². The molecule has 104 valence electrons. The zero-order valence-electron chi connectivity index (χ0n) is 11.4. The number of carboxylic acid groups (broad SMARTS) is 1. The monoisotopic (exact) mass is 271 g/mol. The van der Waals surface area contributed by atoms with Crippen LogP contribution in [0.4, 0.5) is 0 Å². The molecule has 0 saturated heterocycles. The van der Waals surface area contributed by atoms with Crippen LogP contribution in [-0.2, 0) is 4.79 Å². The minimum atomic E-state index is -0.924. The summed E-state index contributed by atoms with van der Waals surface area (Å²) >= 11 is 0. The van der Waals surface area contributed by atoms with Crippen LogP contribution in [0.2, 0.25) is 0 Å². The Morgan fingerprint density at radius 2 is 2.00 bits per heavy atom. The highest BCUT2D eigenvalue weighted by molar-refractivity contribution is 5.99. The molecule has 3 rings (SSSR count). The van der Waals surface area contributed by atoms with E-state index in [1.54, 1.807) is 0 Å². The van der Waals surface area contributed by atoms with Crippen molar-refractivity contribution in [2.75, 3.05) is 0 Å². The summed E-state index contributed by atoms with van der Waals surface area (Å²) in [6.07, 6.45) is 2.62. The Balaban J connectivity index is 2.17. The van der Waals surface area contributed by atoms with Crippen LogP contribution in [0.25, 0.3) is 10.9 Å². The number of H-pyrrole nitrogens is 1. The standard InChI is InChI=1S/C16H17NO3/c1-9-3-2-4-12-13(10-5-7-11(18)8-6-10)15(16(19)20)17-14(9)12/h2-4,10,17H,5-8H2,1H3,(H,19,20). The van der Waals surface area contributed by atoms with Gasteiger partial charge in [0.05, 0.1) is 0 Å². The van der Waals surface area contributed by atoms with Gasteiger partial charge in [-0.15, -0.1) is 0 Å². The molecule has 0 bridgehead atoms. The number of carboxylic acids is 1. The van der Waals surface area contributed by atoms with E-state index in [9.17, 15) is 14.7 Å². The third-order valence-electron chi connectivity index (χ3n) is 4.25. The molecule has 0 radical (unpaired) electrons. The second kappa shape index (κ2) is 4.78. The van der Waals surface area contributed by atoms with Gasteiger partial charge in [-0.05, 0) is 36.8 Å². The van der Waals surface area contributed by atoms with Gasteiger partial charge in [-0.25, -0.2) is 4.79 Å². The molecule has 4 nitrogen and oxygen atoms in total. The minimum Gasteiger partial charge on any atom is -0.477 e. The molecule has 1 saturated carbocycles. The molecule has 4 heteroatoms. The van der Waals surface area contributed by atoms with Crippen molar-refractivity contribution in [2.45, 2.75) is 38.5 Å². The third-order valence-corrected chi connectivity index (χ3v) is 4.25. The summed E-state index contributed by atoms with van der Waals surface area (Å²) in [4.78, 5) is 26.0. The van der Waals surface area contributed by atoms with Crippen molar-refractivity contribution in [2.24, 2.45) is 0 Å². The second-order valence-corrected chi connectivity index (χ2v) is 5.53. The summed E-state index contributed by atoms with van der Waals surface area (Å²) in [5.41, 5.74) is 3.11. The summed E-state index contributed by atoms with van der Waals surface area (Å²) in [5.74, 6) is -0.476. The lowest BCUT2D eigenvalue weighted by Gasteiger charge is -2.21. The number of ketones is 1. The summed E-state index contributed by atoms with van der Waals surface area (Å²) in [6.45, 7) is 1.97. The number of hydrogen-bond acceptors (Lipinski definition) is 2. The predicted molar refractivity (Wildman–Crippen MR) is 76.2 cm³/mol. The number of benzene rings is 1. The number of aromatic carboxylic acids is 1. The highest BCUT2D eigenvalue weighted by Crippen LogP contribution is 2.38. The Morgan fingerprint density at radius 3 is 2.65 bits per heavy atom. The summed E-state index contributed by atoms with van der Waals surface area (Å²) < 4.78 is 0. The fourth-order valence-corrected chi connectivity index (χ4v) is 3.21. The molecule has 0 unspecified atom stereocenters. The van der Waals surface area contributed by atoms with Gasteiger partial charge < -0.3 is 10.1 Å². The molecule has 0 aliphatic heterocycles. The van der Waals surface area contributed by atoms with Crippen molar-refractivity contribution < 1.29 is 14.7 Å². The smallest absolute Gasteiger partial charge is 0.352 e. The number of para-hydroxylation sites is 1. The van der Waals surface area contributed by atoms with Crippen LogP contribution < -0.4 is 0 Å². The van der Waals surface area contributed by atoms with E-state index in [0.29, 0.717) is 12.8 Å². The quantitative estimate of drug-likeness (QED) is 0.879. The molecule has 2 N–H and O–H groups in total. The normalized spacial score (nSPS) is 16.8. The van der Waals surface area contributed by atoms with Gasteiger partial charge in [0.25, 0.3) is 0 Å². The summed E-state index contributed by atoms with van der Waals surface area (Å²) in [5, 5.41) is 10.4. The van der Waals surface area contributed by atoms with E-state index in [1.807, 2.05) is 25.1 Å². The first-order valence-corrected chi connectivity index (χ1v) is 6.94. The second-order valence-electron chi connectivity index (χ2n) is 5.53. The zero-order valence-corrected chi connectivity index (χ0v) is 11.4. The maximum Gasteiger partial charge on any atom is 0.352 e. The van der Waals surface area contributed by atoms with Gasteiger partial charge in [-0.3, -0.25) is 4.79 Å². The van der Waals surface area contributed by atoms with Gasteiger partial charge in [0.2, 0.25) is 0 Å². The number of aromatic amines is 1. The average Bonchev–Trinajstić information content (AvgIpc) is 2.81. The number of Topliss-reactive ketones (excluding diaryl/α,β-unsaturated/α-hetero) is 1. The molecule has 2 aromatic rings. The Labute approximate surface area is 116 Å². The van der Waals surface area contributed by atoms with Gasteiger partial charge >= 0.3 is 5.97 Å². The molecule has 1 fully saturated rings. The first kappa shape index (κ1) is 12.9. The largest absolute Gasteiger partial charge is 0.477 e. The predicted octanol–water partition coefficient (Wildman–Crippen LogP) is 3.40. The van der Waals surface area contributed by atoms with E-state index in [0.717, 1.165) is 34.9 Å². The van der Waals surface area contributed by atoms with E-state index in [1.165, 1.54) is 0 Å². The Hall–Kier alpha value is -2.10. The van der Waals surface area contributed by atoms with Crippen LogP contribution >= 0.6 is 0 Å². The fourth-order valence-electron chi connectivity index (χ4n) is 3.21. The van der Waals surface area contributed by atoms with Crippen LogP contribution in [0.15, 0.2) is 18.2 Å². The summed E-state index contributed by atoms with van der Waals surface area (Å²) in [6, 6.07) is 5.89. The highest BCUT2D eigenvalue weighted by Gasteiger charge is 2.28. The zero-order chi connectivity index (χ0) is 14.3. The lowest BCUT2D eigenvalue weighted by atomic mass is 9.82. The lowest BCUT2D eigenvalue weighted by Crippen LogP contribution is -2.14. The van der Waals surface area contributed by atoms with Gasteiger partial charge in [0.15, 0.2) is 0 Å². The molecule has 1 heterocycles. The van der Waals surface area contributed by atoms with Crippen LogP contribution in [-0.4, -0.2) is 21.8 Å². The van der Waals surface area contributed by atoms with Crippen molar-refractivity contribution in [3.05, 3.63) is 35.0 Å². The molecule has 1 aromatic carbocycles. The maximum absolute atomic E-state index is 11.5. The molecule has 20 heavy (non-hydrogen) atoms. The number of carbonyl (C=O) groups is 2. The van der Waals surface area contributed by atoms with E-state index in [-0.39, 0.29) is 17.4 Å². The number of fused-ring (bicyclic) bond motifs is 1. The average molecular weight is 271 g/mol. The van der Waals surface area contributed by atoms with Crippen molar-refractivity contribution in [3.63, 3.8) is 0 Å². The molecule has 0 spiro atoms. The number of carbonyl (C=O) groups excluding carboxylic acids is 1. The molecule has 1 aliphatic rings. The first-order chi connectivity index (χ1) is 9.58. The van der Waals surface area contributed by atoms with Gasteiger partial charge in [-0.1, -0.05) is 18.2 Å². The molecule has 0 amide bonds. The van der Waals surface area contributed by atoms with E-state index in [4.69, 9.17) is 0 Å². The van der Waals surface area contributed by atoms with Crippen molar-refractivity contribution in [1.82, 2.24) is 4.98 Å². The fraction of sp³-hybridized carbons (Fsp3) is 0.375. The number of nitrogens with one attached hydrogen (secondary N) is 1. The van der Waals surface area contributed by atoms with Crippen LogP contribution in [0, 0.1) is 6.92 Å². The SMILES string of the molecule is Cc1cccc2c(C3CCC(=O)CC3)c(C(=O)O)[nH]c12. The van der Waals surface area contributed by atoms with Crippen molar-refractivity contribution >= 4 is 22.7 Å². The topological polar surface area (TPSA) is 70.2 Å². The number of aryl methyl sites for hydroxylation is 1. The number of rotatable bonds is 2. The molecular weight excluding hydrogens is 254 g/mol. The summed E-state index contributed by atoms with van der Waals surface area (Å²) in [7, 11) is 0. The van der Waals surface area contributed by atoms with Gasteiger partial charge in [-0.2, -0.15) is 0 Å². The number of aromatic nitrogens is 1. The maximum atomic E-state index is 11.5. The molecule has 1 aromatic heterocycles. The van der Waals surface area contributed by atoms with Crippen molar-refractivity contribution in [1.29, 1.82) is 0 Å². The van der Waals surface area contributed by atoms with Crippen LogP contribution in [0.1, 0.15) is 53.2 Å². The van der Waals surface area contributed by atoms with Crippen LogP contribution in [0.5, 0.6) is 0 Å². The Bertz CT molecular complexity index is 689. The highest BCUT2D eigenvalue weighted by atomic mass is 16.4. The number of hydrogen-bond donors (Lipinski definition) is 2. The van der Waals surface area contributed by atoms with Crippen molar-refractivity contribution in [3.8, 4) is 0 Å². The molecule has 1 aliphatic carbocycles. The Kier molecular flexibility index (Phi) is 3.08. The lowest BCUT2D eigenvalue weighted by molar-refractivity contribution is -0.120. The van der Waals surface area contributed by atoms with E-state index >= 15 is 0 Å². The Morgan fingerprint density at radius 1 is 1.30 bits per heavy atom. The molecular formula is C16H17NO3. The third kappa shape index (κ3) is 2.01. The van der Waals surface area contributed by atoms with E-state index < -0.39 is 5.97 Å². The van der Waals surface area contributed by atoms with E-state index in [2.05, 4.69) is 4.98 Å². The molecule has 0 atom stereocenters. The first-order valence-electron chi connectivity index (χ1n) is 6.94.